The van der Waals surface area contributed by atoms with Gasteiger partial charge in [-0.2, -0.15) is 0 Å². The van der Waals surface area contributed by atoms with Crippen LogP contribution in [0.25, 0.3) is 0 Å². The van der Waals surface area contributed by atoms with Crippen LogP contribution in [0.1, 0.15) is 31.9 Å². The molecule has 0 heterocycles. The van der Waals surface area contributed by atoms with E-state index in [1.54, 1.807) is 0 Å². The minimum atomic E-state index is 0.164. The van der Waals surface area contributed by atoms with Crippen LogP contribution in [0.4, 0.5) is 5.69 Å². The third-order valence-corrected chi connectivity index (χ3v) is 3.98. The lowest BCUT2D eigenvalue weighted by molar-refractivity contribution is 0.317. The first kappa shape index (κ1) is 16.2. The van der Waals surface area contributed by atoms with Crippen molar-refractivity contribution in [3.63, 3.8) is 0 Å². The van der Waals surface area contributed by atoms with Crippen LogP contribution in [-0.2, 0) is 0 Å². The molecule has 0 aliphatic carbocycles. The van der Waals surface area contributed by atoms with E-state index in [0.717, 1.165) is 28.9 Å². The van der Waals surface area contributed by atoms with E-state index in [1.807, 2.05) is 30.3 Å². The zero-order valence-electron chi connectivity index (χ0n) is 12.2. The van der Waals surface area contributed by atoms with Crippen LogP contribution in [0, 0.1) is 0 Å². The van der Waals surface area contributed by atoms with Gasteiger partial charge in [-0.05, 0) is 49.2 Å². The van der Waals surface area contributed by atoms with Gasteiger partial charge in [0, 0.05) is 10.5 Å². The summed E-state index contributed by atoms with van der Waals surface area (Å²) in [5.74, 6) is 0.910. The molecule has 0 fully saturated rings. The Morgan fingerprint density at radius 1 is 1.19 bits per heavy atom. The predicted octanol–water partition coefficient (Wildman–Crippen LogP) is 6.06. The summed E-state index contributed by atoms with van der Waals surface area (Å²) in [5.41, 5.74) is 2.11. The molecular weight excluding hydrogens is 350 g/mol. The second-order valence-electron chi connectivity index (χ2n) is 4.91. The minimum Gasteiger partial charge on any atom is -0.494 e. The van der Waals surface area contributed by atoms with Gasteiger partial charge in [0.1, 0.15) is 5.75 Å². The van der Waals surface area contributed by atoms with Gasteiger partial charge in [-0.1, -0.05) is 46.6 Å². The summed E-state index contributed by atoms with van der Waals surface area (Å²) in [4.78, 5) is 0. The maximum atomic E-state index is 6.21. The van der Waals surface area contributed by atoms with Gasteiger partial charge >= 0.3 is 0 Å². The predicted molar refractivity (Wildman–Crippen MR) is 93.4 cm³/mol. The average Bonchev–Trinajstić information content (AvgIpc) is 2.49. The molecule has 0 amide bonds. The highest BCUT2D eigenvalue weighted by Crippen LogP contribution is 2.29. The number of benzene rings is 2. The van der Waals surface area contributed by atoms with Gasteiger partial charge in [0.05, 0.1) is 17.3 Å². The van der Waals surface area contributed by atoms with Gasteiger partial charge in [-0.15, -0.1) is 0 Å². The van der Waals surface area contributed by atoms with Crippen LogP contribution < -0.4 is 10.1 Å². The van der Waals surface area contributed by atoms with E-state index in [1.165, 1.54) is 5.56 Å². The fourth-order valence-corrected chi connectivity index (χ4v) is 2.53. The van der Waals surface area contributed by atoms with Crippen LogP contribution in [0.3, 0.4) is 0 Å². The van der Waals surface area contributed by atoms with Crippen molar-refractivity contribution in [2.24, 2.45) is 0 Å². The summed E-state index contributed by atoms with van der Waals surface area (Å²) in [6, 6.07) is 14.1. The van der Waals surface area contributed by atoms with Crippen molar-refractivity contribution in [2.45, 2.75) is 26.3 Å². The van der Waals surface area contributed by atoms with Crippen LogP contribution in [0.15, 0.2) is 46.9 Å². The summed E-state index contributed by atoms with van der Waals surface area (Å²) in [7, 11) is 0. The molecule has 1 N–H and O–H groups in total. The number of nitrogens with one attached hydrogen (secondary N) is 1. The molecule has 0 radical (unpaired) electrons. The maximum Gasteiger partial charge on any atom is 0.119 e. The van der Waals surface area contributed by atoms with Crippen molar-refractivity contribution >= 4 is 33.2 Å². The lowest BCUT2D eigenvalue weighted by atomic mass is 10.1. The van der Waals surface area contributed by atoms with Gasteiger partial charge in [0.25, 0.3) is 0 Å². The number of anilines is 1. The highest BCUT2D eigenvalue weighted by Gasteiger charge is 2.08. The molecule has 2 rings (SSSR count). The van der Waals surface area contributed by atoms with Crippen molar-refractivity contribution in [1.29, 1.82) is 0 Å². The number of rotatable bonds is 6. The van der Waals surface area contributed by atoms with Crippen molar-refractivity contribution in [2.75, 3.05) is 11.9 Å². The van der Waals surface area contributed by atoms with Crippen LogP contribution >= 0.6 is 27.5 Å². The zero-order valence-corrected chi connectivity index (χ0v) is 14.5. The third kappa shape index (κ3) is 4.65. The van der Waals surface area contributed by atoms with E-state index < -0.39 is 0 Å². The molecule has 0 saturated carbocycles. The van der Waals surface area contributed by atoms with Gasteiger partial charge in [0.15, 0.2) is 0 Å². The second kappa shape index (κ2) is 7.71. The Morgan fingerprint density at radius 3 is 2.57 bits per heavy atom. The Balaban J connectivity index is 2.05. The number of hydrogen-bond donors (Lipinski definition) is 1. The first-order valence-electron chi connectivity index (χ1n) is 7.04. The van der Waals surface area contributed by atoms with E-state index in [4.69, 9.17) is 16.3 Å². The van der Waals surface area contributed by atoms with E-state index >= 15 is 0 Å². The molecule has 0 aromatic heterocycles. The zero-order chi connectivity index (χ0) is 15.2. The molecule has 0 saturated heterocycles. The standard InChI is InChI=1S/C17H19BrClNO/c1-3-10-21-15-7-4-13(5-8-15)12(2)20-17-11-14(18)6-9-16(17)19/h4-9,11-12,20H,3,10H2,1-2H3. The molecule has 21 heavy (non-hydrogen) atoms. The van der Waals surface area contributed by atoms with Crippen molar-refractivity contribution < 1.29 is 4.74 Å². The largest absolute Gasteiger partial charge is 0.494 e. The van der Waals surface area contributed by atoms with Crippen LogP contribution in [-0.4, -0.2) is 6.61 Å². The summed E-state index contributed by atoms with van der Waals surface area (Å²) < 4.78 is 6.60. The molecule has 2 aromatic rings. The van der Waals surface area contributed by atoms with Gasteiger partial charge < -0.3 is 10.1 Å². The molecule has 4 heteroatoms. The molecule has 0 aliphatic rings. The first-order valence-corrected chi connectivity index (χ1v) is 8.21. The summed E-state index contributed by atoms with van der Waals surface area (Å²) in [6.45, 7) is 4.96. The highest BCUT2D eigenvalue weighted by molar-refractivity contribution is 9.10. The molecule has 2 nitrogen and oxygen atoms in total. The molecule has 2 aromatic carbocycles. The maximum absolute atomic E-state index is 6.21. The van der Waals surface area contributed by atoms with Gasteiger partial charge in [0.2, 0.25) is 0 Å². The number of hydrogen-bond acceptors (Lipinski definition) is 2. The monoisotopic (exact) mass is 367 g/mol. The number of halogens is 2. The molecule has 0 spiro atoms. The lowest BCUT2D eigenvalue weighted by Crippen LogP contribution is -2.07. The first-order chi connectivity index (χ1) is 10.1. The summed E-state index contributed by atoms with van der Waals surface area (Å²) >= 11 is 9.67. The molecule has 1 atom stereocenters. The topological polar surface area (TPSA) is 21.3 Å². The fourth-order valence-electron chi connectivity index (χ4n) is 2.00. The molecule has 1 unspecified atom stereocenters. The Morgan fingerprint density at radius 2 is 1.90 bits per heavy atom. The van der Waals surface area contributed by atoms with E-state index in [2.05, 4.69) is 47.2 Å². The fraction of sp³-hybridized carbons (Fsp3) is 0.294. The van der Waals surface area contributed by atoms with Crippen LogP contribution in [0.5, 0.6) is 5.75 Å². The normalized spacial score (nSPS) is 12.0. The SMILES string of the molecule is CCCOc1ccc(C(C)Nc2cc(Br)ccc2Cl)cc1. The van der Waals surface area contributed by atoms with E-state index in [0.29, 0.717) is 5.02 Å². The van der Waals surface area contributed by atoms with E-state index in [9.17, 15) is 0 Å². The highest BCUT2D eigenvalue weighted by atomic mass is 79.9. The van der Waals surface area contributed by atoms with Crippen LogP contribution in [0.2, 0.25) is 5.02 Å². The Hall–Kier alpha value is -1.19. The van der Waals surface area contributed by atoms with Crippen molar-refractivity contribution in [3.8, 4) is 5.75 Å². The second-order valence-corrected chi connectivity index (χ2v) is 6.23. The summed E-state index contributed by atoms with van der Waals surface area (Å²) in [5, 5.41) is 4.14. The summed E-state index contributed by atoms with van der Waals surface area (Å²) in [6.07, 6.45) is 1.01. The minimum absolute atomic E-state index is 0.164. The van der Waals surface area contributed by atoms with Crippen molar-refractivity contribution in [1.82, 2.24) is 0 Å². The Kier molecular flexibility index (Phi) is 5.95. The lowest BCUT2D eigenvalue weighted by Gasteiger charge is -2.17. The molecular formula is C17H19BrClNO. The number of ether oxygens (including phenoxy) is 1. The quantitative estimate of drug-likeness (QED) is 0.668. The smallest absolute Gasteiger partial charge is 0.119 e. The van der Waals surface area contributed by atoms with Gasteiger partial charge in [-0.25, -0.2) is 0 Å². The molecule has 112 valence electrons. The average molecular weight is 369 g/mol. The molecule has 0 bridgehead atoms. The van der Waals surface area contributed by atoms with Gasteiger partial charge in [-0.3, -0.25) is 0 Å². The Labute approximate surface area is 139 Å². The van der Waals surface area contributed by atoms with Crippen molar-refractivity contribution in [3.05, 3.63) is 57.5 Å². The third-order valence-electron chi connectivity index (χ3n) is 3.15. The Bertz CT molecular complexity index is 586. The molecule has 0 aliphatic heterocycles. The van der Waals surface area contributed by atoms with E-state index in [-0.39, 0.29) is 6.04 Å².